The van der Waals surface area contributed by atoms with Crippen molar-refractivity contribution in [2.75, 3.05) is 26.2 Å². The van der Waals surface area contributed by atoms with Gasteiger partial charge in [-0.1, -0.05) is 30.3 Å². The molecule has 1 aromatic carbocycles. The summed E-state index contributed by atoms with van der Waals surface area (Å²) in [6.45, 7) is 1.87. The second kappa shape index (κ2) is 7.55. The molecular formula is C18H23N3O4. The summed E-state index contributed by atoms with van der Waals surface area (Å²) < 4.78 is 0. The van der Waals surface area contributed by atoms with Crippen LogP contribution in [0.2, 0.25) is 0 Å². The molecule has 2 aliphatic heterocycles. The van der Waals surface area contributed by atoms with Crippen LogP contribution in [0.4, 0.5) is 4.79 Å². The zero-order chi connectivity index (χ0) is 17.8. The predicted molar refractivity (Wildman–Crippen MR) is 91.0 cm³/mol. The topological polar surface area (TPSA) is 90.0 Å². The lowest BCUT2D eigenvalue weighted by atomic mass is 10.1. The number of carbonyl (C=O) groups is 3. The molecule has 25 heavy (non-hydrogen) atoms. The maximum Gasteiger partial charge on any atom is 0.317 e. The highest BCUT2D eigenvalue weighted by atomic mass is 16.4. The molecule has 0 saturated carbocycles. The van der Waals surface area contributed by atoms with Crippen LogP contribution in [0.25, 0.3) is 0 Å². The number of amides is 3. The van der Waals surface area contributed by atoms with E-state index in [4.69, 9.17) is 5.11 Å². The Bertz CT molecular complexity index is 649. The Labute approximate surface area is 146 Å². The fourth-order valence-corrected chi connectivity index (χ4v) is 3.50. The first-order valence-electron chi connectivity index (χ1n) is 8.63. The number of aliphatic carboxylic acids is 1. The van der Waals surface area contributed by atoms with Crippen LogP contribution in [-0.4, -0.2) is 65.0 Å². The van der Waals surface area contributed by atoms with Crippen molar-refractivity contribution in [3.8, 4) is 0 Å². The molecule has 2 fully saturated rings. The minimum absolute atomic E-state index is 0.0646. The number of likely N-dealkylation sites (tertiary alicyclic amines) is 2. The third kappa shape index (κ3) is 4.10. The van der Waals surface area contributed by atoms with Gasteiger partial charge >= 0.3 is 12.0 Å². The van der Waals surface area contributed by atoms with E-state index in [1.807, 2.05) is 30.3 Å². The maximum atomic E-state index is 12.3. The molecule has 0 bridgehead atoms. The molecule has 7 nitrogen and oxygen atoms in total. The van der Waals surface area contributed by atoms with E-state index in [9.17, 15) is 14.4 Å². The van der Waals surface area contributed by atoms with Crippen LogP contribution in [-0.2, 0) is 16.0 Å². The normalized spacial score (nSPS) is 23.1. The van der Waals surface area contributed by atoms with Gasteiger partial charge in [-0.25, -0.2) is 4.79 Å². The van der Waals surface area contributed by atoms with E-state index in [1.54, 1.807) is 9.80 Å². The third-order valence-electron chi connectivity index (χ3n) is 4.93. The lowest BCUT2D eigenvalue weighted by molar-refractivity contribution is -0.141. The molecule has 3 rings (SSSR count). The molecule has 1 aromatic rings. The van der Waals surface area contributed by atoms with Crippen LogP contribution in [0.3, 0.4) is 0 Å². The van der Waals surface area contributed by atoms with Gasteiger partial charge in [-0.15, -0.1) is 0 Å². The maximum absolute atomic E-state index is 12.3. The summed E-state index contributed by atoms with van der Waals surface area (Å²) >= 11 is 0. The van der Waals surface area contributed by atoms with Gasteiger partial charge in [0.2, 0.25) is 5.91 Å². The number of carboxylic acid groups (broad SMARTS) is 1. The fraction of sp³-hybridized carbons (Fsp3) is 0.500. The monoisotopic (exact) mass is 345 g/mol. The van der Waals surface area contributed by atoms with Crippen LogP contribution in [0, 0.1) is 5.92 Å². The van der Waals surface area contributed by atoms with E-state index in [-0.39, 0.29) is 30.9 Å². The number of rotatable bonds is 5. The van der Waals surface area contributed by atoms with Gasteiger partial charge in [0.05, 0.1) is 12.0 Å². The summed E-state index contributed by atoms with van der Waals surface area (Å²) in [5.41, 5.74) is 1.17. The SMILES string of the molecule is O=C(O)C1CC(=O)N(C2CCN(C(=O)NCCc3ccccc3)C2)C1. The molecular weight excluding hydrogens is 322 g/mol. The second-order valence-corrected chi connectivity index (χ2v) is 6.64. The molecule has 2 atom stereocenters. The van der Waals surface area contributed by atoms with Crippen molar-refractivity contribution in [2.24, 2.45) is 5.92 Å². The predicted octanol–water partition coefficient (Wildman–Crippen LogP) is 0.946. The van der Waals surface area contributed by atoms with Gasteiger partial charge in [0.1, 0.15) is 0 Å². The molecule has 2 N–H and O–H groups in total. The summed E-state index contributed by atoms with van der Waals surface area (Å²) in [6, 6.07) is 9.75. The number of carboxylic acids is 1. The number of nitrogens with zero attached hydrogens (tertiary/aromatic N) is 2. The summed E-state index contributed by atoms with van der Waals surface area (Å²) in [5, 5.41) is 12.0. The van der Waals surface area contributed by atoms with Crippen molar-refractivity contribution < 1.29 is 19.5 Å². The molecule has 2 saturated heterocycles. The van der Waals surface area contributed by atoms with Crippen LogP contribution in [0.1, 0.15) is 18.4 Å². The summed E-state index contributed by atoms with van der Waals surface area (Å²) in [4.78, 5) is 38.7. The first-order valence-corrected chi connectivity index (χ1v) is 8.63. The first kappa shape index (κ1) is 17.3. The Balaban J connectivity index is 1.45. The lowest BCUT2D eigenvalue weighted by Crippen LogP contribution is -2.43. The smallest absolute Gasteiger partial charge is 0.317 e. The zero-order valence-corrected chi connectivity index (χ0v) is 14.1. The number of nitrogens with one attached hydrogen (secondary N) is 1. The van der Waals surface area contributed by atoms with Crippen LogP contribution in [0.5, 0.6) is 0 Å². The van der Waals surface area contributed by atoms with Crippen LogP contribution >= 0.6 is 0 Å². The second-order valence-electron chi connectivity index (χ2n) is 6.64. The Morgan fingerprint density at radius 3 is 2.64 bits per heavy atom. The van der Waals surface area contributed by atoms with Gasteiger partial charge in [0.25, 0.3) is 0 Å². The van der Waals surface area contributed by atoms with E-state index in [1.165, 1.54) is 5.56 Å². The fourth-order valence-electron chi connectivity index (χ4n) is 3.50. The van der Waals surface area contributed by atoms with Crippen molar-refractivity contribution in [3.05, 3.63) is 35.9 Å². The first-order chi connectivity index (χ1) is 12.0. The molecule has 2 unspecified atom stereocenters. The van der Waals surface area contributed by atoms with Crippen molar-refractivity contribution >= 4 is 17.9 Å². The molecule has 134 valence electrons. The van der Waals surface area contributed by atoms with Crippen molar-refractivity contribution in [1.82, 2.24) is 15.1 Å². The van der Waals surface area contributed by atoms with E-state index in [0.717, 1.165) is 6.42 Å². The largest absolute Gasteiger partial charge is 0.481 e. The Morgan fingerprint density at radius 2 is 1.96 bits per heavy atom. The molecule has 3 amide bonds. The molecule has 0 radical (unpaired) electrons. The number of benzene rings is 1. The van der Waals surface area contributed by atoms with Gasteiger partial charge in [0.15, 0.2) is 0 Å². The molecule has 0 aromatic heterocycles. The molecule has 7 heteroatoms. The number of hydrogen-bond donors (Lipinski definition) is 2. The number of urea groups is 1. The summed E-state index contributed by atoms with van der Waals surface area (Å²) in [6.07, 6.45) is 1.54. The van der Waals surface area contributed by atoms with Crippen molar-refractivity contribution in [3.63, 3.8) is 0 Å². The number of hydrogen-bond acceptors (Lipinski definition) is 3. The van der Waals surface area contributed by atoms with Gasteiger partial charge < -0.3 is 20.2 Å². The van der Waals surface area contributed by atoms with E-state index in [2.05, 4.69) is 5.32 Å². The zero-order valence-electron chi connectivity index (χ0n) is 14.1. The Morgan fingerprint density at radius 1 is 1.20 bits per heavy atom. The van der Waals surface area contributed by atoms with Crippen LogP contribution in [0.15, 0.2) is 30.3 Å². The molecule has 2 aliphatic rings. The number of carbonyl (C=O) groups excluding carboxylic acids is 2. The molecule has 0 spiro atoms. The van der Waals surface area contributed by atoms with Gasteiger partial charge in [-0.05, 0) is 18.4 Å². The lowest BCUT2D eigenvalue weighted by Gasteiger charge is -2.24. The molecule has 2 heterocycles. The van der Waals surface area contributed by atoms with Crippen LogP contribution < -0.4 is 5.32 Å². The standard InChI is InChI=1S/C18H23N3O4/c22-16-10-14(17(23)24)11-21(16)15-7-9-20(12-15)18(25)19-8-6-13-4-2-1-3-5-13/h1-5,14-15H,6-12H2,(H,19,25)(H,23,24). The minimum atomic E-state index is -0.927. The average Bonchev–Trinajstić information content (AvgIpc) is 3.22. The van der Waals surface area contributed by atoms with E-state index in [0.29, 0.717) is 26.1 Å². The quantitative estimate of drug-likeness (QED) is 0.831. The van der Waals surface area contributed by atoms with Gasteiger partial charge in [0, 0.05) is 32.6 Å². The minimum Gasteiger partial charge on any atom is -0.481 e. The Kier molecular flexibility index (Phi) is 5.21. The highest BCUT2D eigenvalue weighted by Crippen LogP contribution is 2.25. The highest BCUT2D eigenvalue weighted by Gasteiger charge is 2.40. The molecule has 0 aliphatic carbocycles. The average molecular weight is 345 g/mol. The van der Waals surface area contributed by atoms with E-state index >= 15 is 0 Å². The summed E-state index contributed by atoms with van der Waals surface area (Å²) in [5.74, 6) is -1.67. The van der Waals surface area contributed by atoms with Crippen molar-refractivity contribution in [1.29, 1.82) is 0 Å². The van der Waals surface area contributed by atoms with Gasteiger partial charge in [-0.2, -0.15) is 0 Å². The van der Waals surface area contributed by atoms with Gasteiger partial charge in [-0.3, -0.25) is 9.59 Å². The Hall–Kier alpha value is -2.57. The highest BCUT2D eigenvalue weighted by molar-refractivity contribution is 5.86. The van der Waals surface area contributed by atoms with Crippen molar-refractivity contribution in [2.45, 2.75) is 25.3 Å². The van der Waals surface area contributed by atoms with E-state index < -0.39 is 11.9 Å². The third-order valence-corrected chi connectivity index (χ3v) is 4.93. The summed E-state index contributed by atoms with van der Waals surface area (Å²) in [7, 11) is 0.